The summed E-state index contributed by atoms with van der Waals surface area (Å²) in [5.74, 6) is 0.869. The maximum atomic E-state index is 13.1. The molecule has 1 saturated heterocycles. The van der Waals surface area contributed by atoms with Crippen LogP contribution in [-0.2, 0) is 6.54 Å². The number of aromatic nitrogens is 1. The van der Waals surface area contributed by atoms with Crippen LogP contribution in [0.15, 0.2) is 35.2 Å². The van der Waals surface area contributed by atoms with E-state index in [0.29, 0.717) is 18.3 Å². The van der Waals surface area contributed by atoms with Crippen molar-refractivity contribution < 1.29 is 9.13 Å². The SMILES string of the molecule is Fc1cccc(OC[C@H]2CCCN(Cc3cscn3)C2)c1. The van der Waals surface area contributed by atoms with E-state index in [1.807, 2.05) is 5.51 Å². The van der Waals surface area contributed by atoms with E-state index in [9.17, 15) is 4.39 Å². The first-order valence-electron chi connectivity index (χ1n) is 7.27. The van der Waals surface area contributed by atoms with Gasteiger partial charge in [-0.2, -0.15) is 0 Å². The molecule has 5 heteroatoms. The highest BCUT2D eigenvalue weighted by Gasteiger charge is 2.21. The number of nitrogens with zero attached hydrogens (tertiary/aromatic N) is 2. The van der Waals surface area contributed by atoms with Crippen LogP contribution < -0.4 is 4.74 Å². The number of hydrogen-bond acceptors (Lipinski definition) is 4. The van der Waals surface area contributed by atoms with E-state index in [1.54, 1.807) is 23.5 Å². The standard InChI is InChI=1S/C16H19FN2OS/c17-14-4-1-5-16(7-14)20-10-13-3-2-6-19(8-13)9-15-11-21-12-18-15/h1,4-5,7,11-13H,2-3,6,8-10H2/t13-/m0/s1. The minimum absolute atomic E-state index is 0.249. The van der Waals surface area contributed by atoms with Crippen LogP contribution in [0.5, 0.6) is 5.75 Å². The van der Waals surface area contributed by atoms with Crippen molar-refractivity contribution in [3.8, 4) is 5.75 Å². The first-order chi connectivity index (χ1) is 10.3. The van der Waals surface area contributed by atoms with Crippen LogP contribution in [0, 0.1) is 11.7 Å². The highest BCUT2D eigenvalue weighted by Crippen LogP contribution is 2.20. The molecule has 112 valence electrons. The minimum Gasteiger partial charge on any atom is -0.493 e. The van der Waals surface area contributed by atoms with Gasteiger partial charge in [0, 0.05) is 30.5 Å². The quantitative estimate of drug-likeness (QED) is 0.844. The van der Waals surface area contributed by atoms with Crippen molar-refractivity contribution in [2.45, 2.75) is 19.4 Å². The fourth-order valence-electron chi connectivity index (χ4n) is 2.75. The van der Waals surface area contributed by atoms with Crippen LogP contribution in [0.3, 0.4) is 0 Å². The van der Waals surface area contributed by atoms with E-state index in [2.05, 4.69) is 15.3 Å². The zero-order valence-electron chi connectivity index (χ0n) is 11.9. The maximum Gasteiger partial charge on any atom is 0.126 e. The van der Waals surface area contributed by atoms with Crippen LogP contribution in [0.4, 0.5) is 4.39 Å². The van der Waals surface area contributed by atoms with Crippen molar-refractivity contribution >= 4 is 11.3 Å². The van der Waals surface area contributed by atoms with Crippen molar-refractivity contribution in [1.82, 2.24) is 9.88 Å². The number of halogens is 1. The molecule has 1 aliphatic rings. The van der Waals surface area contributed by atoms with Crippen LogP contribution in [0.2, 0.25) is 0 Å². The van der Waals surface area contributed by atoms with Crippen molar-refractivity contribution in [2.75, 3.05) is 19.7 Å². The third kappa shape index (κ3) is 4.25. The van der Waals surface area contributed by atoms with Gasteiger partial charge < -0.3 is 4.74 Å². The van der Waals surface area contributed by atoms with Gasteiger partial charge >= 0.3 is 0 Å². The first kappa shape index (κ1) is 14.5. The van der Waals surface area contributed by atoms with E-state index in [4.69, 9.17) is 4.74 Å². The van der Waals surface area contributed by atoms with Crippen molar-refractivity contribution in [3.63, 3.8) is 0 Å². The topological polar surface area (TPSA) is 25.4 Å². The zero-order chi connectivity index (χ0) is 14.5. The summed E-state index contributed by atoms with van der Waals surface area (Å²) in [5.41, 5.74) is 3.02. The predicted molar refractivity (Wildman–Crippen MR) is 82.0 cm³/mol. The summed E-state index contributed by atoms with van der Waals surface area (Å²) < 4.78 is 18.8. The summed E-state index contributed by atoms with van der Waals surface area (Å²) in [4.78, 5) is 6.77. The van der Waals surface area contributed by atoms with Gasteiger partial charge in [0.1, 0.15) is 11.6 Å². The van der Waals surface area contributed by atoms with Crippen LogP contribution in [-0.4, -0.2) is 29.6 Å². The van der Waals surface area contributed by atoms with Crippen molar-refractivity contribution in [1.29, 1.82) is 0 Å². The van der Waals surface area contributed by atoms with Gasteiger partial charge in [0.2, 0.25) is 0 Å². The average molecular weight is 306 g/mol. The normalized spacial score (nSPS) is 19.6. The van der Waals surface area contributed by atoms with Crippen LogP contribution in [0.1, 0.15) is 18.5 Å². The van der Waals surface area contributed by atoms with Crippen molar-refractivity contribution in [2.24, 2.45) is 5.92 Å². The number of piperidine rings is 1. The number of benzene rings is 1. The Hall–Kier alpha value is -1.46. The predicted octanol–water partition coefficient (Wildman–Crippen LogP) is 3.57. The average Bonchev–Trinajstić information content (AvgIpc) is 2.99. The molecule has 0 aliphatic carbocycles. The smallest absolute Gasteiger partial charge is 0.126 e. The molecule has 0 bridgehead atoms. The Balaban J connectivity index is 1.49. The second-order valence-electron chi connectivity index (χ2n) is 5.49. The Morgan fingerprint density at radius 3 is 3.19 bits per heavy atom. The monoisotopic (exact) mass is 306 g/mol. The number of hydrogen-bond donors (Lipinski definition) is 0. The van der Waals surface area contributed by atoms with Gasteiger partial charge in [-0.15, -0.1) is 11.3 Å². The summed E-state index contributed by atoms with van der Waals surface area (Å²) in [6.45, 7) is 3.71. The zero-order valence-corrected chi connectivity index (χ0v) is 12.7. The molecule has 1 aliphatic heterocycles. The van der Waals surface area contributed by atoms with Gasteiger partial charge in [0.25, 0.3) is 0 Å². The Labute approximate surface area is 128 Å². The summed E-state index contributed by atoms with van der Waals surface area (Å²) in [7, 11) is 0. The molecule has 2 aromatic rings. The summed E-state index contributed by atoms with van der Waals surface area (Å²) in [6, 6.07) is 6.36. The molecular formula is C16H19FN2OS. The highest BCUT2D eigenvalue weighted by atomic mass is 32.1. The lowest BCUT2D eigenvalue weighted by atomic mass is 9.99. The van der Waals surface area contributed by atoms with Gasteiger partial charge in [0.15, 0.2) is 0 Å². The Bertz CT molecular complexity index is 561. The fraction of sp³-hybridized carbons (Fsp3) is 0.438. The fourth-order valence-corrected chi connectivity index (χ4v) is 3.30. The largest absolute Gasteiger partial charge is 0.493 e. The number of thiazole rings is 1. The second kappa shape index (κ2) is 7.00. The molecule has 3 nitrogen and oxygen atoms in total. The molecule has 21 heavy (non-hydrogen) atoms. The molecule has 0 saturated carbocycles. The number of likely N-dealkylation sites (tertiary alicyclic amines) is 1. The molecule has 0 amide bonds. The Morgan fingerprint density at radius 2 is 2.38 bits per heavy atom. The summed E-state index contributed by atoms with van der Waals surface area (Å²) >= 11 is 1.64. The molecule has 0 radical (unpaired) electrons. The summed E-state index contributed by atoms with van der Waals surface area (Å²) in [5, 5.41) is 2.10. The van der Waals surface area contributed by atoms with Gasteiger partial charge in [-0.1, -0.05) is 6.07 Å². The van der Waals surface area contributed by atoms with E-state index in [-0.39, 0.29) is 5.82 Å². The molecular weight excluding hydrogens is 287 g/mol. The molecule has 3 rings (SSSR count). The number of ether oxygens (including phenoxy) is 1. The minimum atomic E-state index is -0.249. The molecule has 0 N–H and O–H groups in total. The van der Waals surface area contributed by atoms with Gasteiger partial charge in [-0.25, -0.2) is 9.37 Å². The highest BCUT2D eigenvalue weighted by molar-refractivity contribution is 7.07. The lowest BCUT2D eigenvalue weighted by Crippen LogP contribution is -2.37. The van der Waals surface area contributed by atoms with Gasteiger partial charge in [0.05, 0.1) is 17.8 Å². The van der Waals surface area contributed by atoms with E-state index < -0.39 is 0 Å². The molecule has 1 fully saturated rings. The number of rotatable bonds is 5. The molecule has 1 aromatic heterocycles. The molecule has 2 heterocycles. The second-order valence-corrected chi connectivity index (χ2v) is 6.21. The Morgan fingerprint density at radius 1 is 1.43 bits per heavy atom. The lowest BCUT2D eigenvalue weighted by Gasteiger charge is -2.32. The molecule has 1 aromatic carbocycles. The van der Waals surface area contributed by atoms with E-state index in [0.717, 1.165) is 25.3 Å². The summed E-state index contributed by atoms with van der Waals surface area (Å²) in [6.07, 6.45) is 2.35. The van der Waals surface area contributed by atoms with E-state index in [1.165, 1.54) is 25.0 Å². The van der Waals surface area contributed by atoms with Gasteiger partial charge in [-0.3, -0.25) is 4.90 Å². The van der Waals surface area contributed by atoms with E-state index >= 15 is 0 Å². The molecule has 1 atom stereocenters. The van der Waals surface area contributed by atoms with Crippen LogP contribution in [0.25, 0.3) is 0 Å². The maximum absolute atomic E-state index is 13.1. The molecule has 0 unspecified atom stereocenters. The molecule has 0 spiro atoms. The first-order valence-corrected chi connectivity index (χ1v) is 8.21. The van der Waals surface area contributed by atoms with Gasteiger partial charge in [-0.05, 0) is 31.5 Å². The lowest BCUT2D eigenvalue weighted by molar-refractivity contribution is 0.124. The van der Waals surface area contributed by atoms with Crippen LogP contribution >= 0.6 is 11.3 Å². The third-order valence-electron chi connectivity index (χ3n) is 3.75. The van der Waals surface area contributed by atoms with Crippen molar-refractivity contribution in [3.05, 3.63) is 46.7 Å². The third-order valence-corrected chi connectivity index (χ3v) is 4.39. The Kier molecular flexibility index (Phi) is 4.83.